The van der Waals surface area contributed by atoms with Crippen molar-refractivity contribution < 1.29 is 22.7 Å². The Morgan fingerprint density at radius 2 is 1.54 bits per heavy atom. The molecule has 6 nitrogen and oxygen atoms in total. The Balaban J connectivity index is 1.53. The lowest BCUT2D eigenvalue weighted by Gasteiger charge is -2.38. The summed E-state index contributed by atoms with van der Waals surface area (Å²) in [6.07, 6.45) is 0.782. The topological polar surface area (TPSA) is 72.9 Å². The van der Waals surface area contributed by atoms with Crippen LogP contribution in [0.1, 0.15) is 30.9 Å². The van der Waals surface area contributed by atoms with Crippen molar-refractivity contribution in [2.24, 2.45) is 5.92 Å². The van der Waals surface area contributed by atoms with Crippen LogP contribution >= 0.6 is 0 Å². The maximum absolute atomic E-state index is 13.8. The van der Waals surface area contributed by atoms with E-state index in [1.165, 1.54) is 0 Å². The van der Waals surface area contributed by atoms with Gasteiger partial charge in [-0.25, -0.2) is 8.42 Å². The second kappa shape index (κ2) is 11.5. The van der Waals surface area contributed by atoms with Crippen molar-refractivity contribution in [1.29, 1.82) is 0 Å². The molecule has 1 fully saturated rings. The Labute approximate surface area is 207 Å². The third kappa shape index (κ3) is 6.29. The molecule has 1 aliphatic heterocycles. The highest BCUT2D eigenvalue weighted by molar-refractivity contribution is 7.92. The van der Waals surface area contributed by atoms with Crippen LogP contribution in [0.4, 0.5) is 0 Å². The van der Waals surface area contributed by atoms with Gasteiger partial charge < -0.3 is 9.47 Å². The third-order valence-corrected chi connectivity index (χ3v) is 8.40. The van der Waals surface area contributed by atoms with E-state index in [1.54, 1.807) is 31.2 Å². The first-order valence-corrected chi connectivity index (χ1v) is 13.5. The first kappa shape index (κ1) is 24.9. The molecule has 0 saturated carbocycles. The number of likely N-dealkylation sites (tertiary alicyclic amines) is 1. The van der Waals surface area contributed by atoms with Crippen LogP contribution < -0.4 is 4.74 Å². The Morgan fingerprint density at radius 1 is 0.914 bits per heavy atom. The van der Waals surface area contributed by atoms with Crippen LogP contribution in [-0.4, -0.2) is 37.8 Å². The van der Waals surface area contributed by atoms with E-state index in [1.807, 2.05) is 65.6 Å². The van der Waals surface area contributed by atoms with Crippen molar-refractivity contribution in [2.75, 3.05) is 13.2 Å². The summed E-state index contributed by atoms with van der Waals surface area (Å²) in [6.45, 7) is 3.45. The molecule has 0 aromatic heterocycles. The van der Waals surface area contributed by atoms with Gasteiger partial charge in [0.15, 0.2) is 9.84 Å². The number of sulfone groups is 1. The molecule has 0 bridgehead atoms. The van der Waals surface area contributed by atoms with Crippen molar-refractivity contribution in [1.82, 2.24) is 4.90 Å². The quantitative estimate of drug-likeness (QED) is 0.397. The molecule has 0 N–H and O–H groups in total. The molecule has 4 rings (SSSR count). The highest BCUT2D eigenvalue weighted by Gasteiger charge is 2.41. The van der Waals surface area contributed by atoms with Crippen LogP contribution in [-0.2, 0) is 32.5 Å². The van der Waals surface area contributed by atoms with Crippen molar-refractivity contribution >= 4 is 15.8 Å². The monoisotopic (exact) mass is 493 g/mol. The van der Waals surface area contributed by atoms with Gasteiger partial charge in [0.25, 0.3) is 0 Å². The van der Waals surface area contributed by atoms with E-state index in [2.05, 4.69) is 0 Å². The Bertz CT molecular complexity index is 1200. The van der Waals surface area contributed by atoms with E-state index in [-0.39, 0.29) is 23.9 Å². The molecular weight excluding hydrogens is 462 g/mol. The molecule has 1 aliphatic rings. The molecule has 1 saturated heterocycles. The lowest BCUT2D eigenvalue weighted by Crippen LogP contribution is -2.48. The smallest absolute Gasteiger partial charge is 0.309 e. The highest BCUT2D eigenvalue weighted by Crippen LogP contribution is 2.33. The SMILES string of the molecule is CCOC(=O)C1CCN(Cc2ccccc2)C(S(=O)(=O)c2ccc(OCc3ccccc3)cc2)C1. The molecular formula is C28H31NO5S. The van der Waals surface area contributed by atoms with Gasteiger partial charge in [0.05, 0.1) is 17.4 Å². The van der Waals surface area contributed by atoms with E-state index in [9.17, 15) is 13.2 Å². The molecule has 35 heavy (non-hydrogen) atoms. The van der Waals surface area contributed by atoms with Gasteiger partial charge in [0.2, 0.25) is 0 Å². The first-order chi connectivity index (χ1) is 17.0. The van der Waals surface area contributed by atoms with Gasteiger partial charge in [-0.05, 0) is 55.2 Å². The van der Waals surface area contributed by atoms with Crippen LogP contribution in [0.5, 0.6) is 5.75 Å². The van der Waals surface area contributed by atoms with E-state index in [0.29, 0.717) is 31.9 Å². The minimum Gasteiger partial charge on any atom is -0.489 e. The van der Waals surface area contributed by atoms with Gasteiger partial charge in [-0.3, -0.25) is 9.69 Å². The molecule has 184 valence electrons. The summed E-state index contributed by atoms with van der Waals surface area (Å²) < 4.78 is 38.6. The van der Waals surface area contributed by atoms with Crippen molar-refractivity contribution in [3.05, 3.63) is 96.1 Å². The molecule has 3 aromatic carbocycles. The number of nitrogens with zero attached hydrogens (tertiary/aromatic N) is 1. The largest absolute Gasteiger partial charge is 0.489 e. The molecule has 0 aliphatic carbocycles. The average molecular weight is 494 g/mol. The third-order valence-electron chi connectivity index (χ3n) is 6.27. The van der Waals surface area contributed by atoms with Gasteiger partial charge in [-0.2, -0.15) is 0 Å². The number of hydrogen-bond acceptors (Lipinski definition) is 6. The Hall–Kier alpha value is -3.16. The van der Waals surface area contributed by atoms with Crippen LogP contribution in [0.15, 0.2) is 89.8 Å². The predicted molar refractivity (Wildman–Crippen MR) is 134 cm³/mol. The van der Waals surface area contributed by atoms with Crippen molar-refractivity contribution in [3.8, 4) is 5.75 Å². The minimum absolute atomic E-state index is 0.209. The van der Waals surface area contributed by atoms with Gasteiger partial charge in [0.1, 0.15) is 17.7 Å². The number of carbonyl (C=O) groups is 1. The maximum Gasteiger partial charge on any atom is 0.309 e. The van der Waals surface area contributed by atoms with Gasteiger partial charge in [-0.15, -0.1) is 0 Å². The van der Waals surface area contributed by atoms with Crippen LogP contribution in [0.2, 0.25) is 0 Å². The molecule has 2 unspecified atom stereocenters. The summed E-state index contributed by atoms with van der Waals surface area (Å²) in [4.78, 5) is 14.6. The number of rotatable bonds is 9. The zero-order chi connectivity index (χ0) is 24.7. The molecule has 3 aromatic rings. The highest BCUT2D eigenvalue weighted by atomic mass is 32.2. The summed E-state index contributed by atoms with van der Waals surface area (Å²) in [7, 11) is -3.73. The fraction of sp³-hybridized carbons (Fsp3) is 0.321. The average Bonchev–Trinajstić information content (AvgIpc) is 2.89. The lowest BCUT2D eigenvalue weighted by molar-refractivity contribution is -0.149. The maximum atomic E-state index is 13.8. The number of ether oxygens (including phenoxy) is 2. The summed E-state index contributed by atoms with van der Waals surface area (Å²) in [6, 6.07) is 26.1. The summed E-state index contributed by atoms with van der Waals surface area (Å²) >= 11 is 0. The van der Waals surface area contributed by atoms with Crippen molar-refractivity contribution in [3.63, 3.8) is 0 Å². The Morgan fingerprint density at radius 3 is 2.17 bits per heavy atom. The normalized spacial score (nSPS) is 18.7. The van der Waals surface area contributed by atoms with Crippen LogP contribution in [0.25, 0.3) is 0 Å². The first-order valence-electron chi connectivity index (χ1n) is 11.9. The fourth-order valence-electron chi connectivity index (χ4n) is 4.40. The zero-order valence-electron chi connectivity index (χ0n) is 19.9. The van der Waals surface area contributed by atoms with Gasteiger partial charge in [0, 0.05) is 13.1 Å². The summed E-state index contributed by atoms with van der Waals surface area (Å²) in [5, 5.41) is -0.818. The van der Waals surface area contributed by atoms with Gasteiger partial charge in [-0.1, -0.05) is 60.7 Å². The second-order valence-electron chi connectivity index (χ2n) is 8.67. The van der Waals surface area contributed by atoms with E-state index in [0.717, 1.165) is 11.1 Å². The summed E-state index contributed by atoms with van der Waals surface area (Å²) in [5.41, 5.74) is 2.07. The van der Waals surface area contributed by atoms with E-state index in [4.69, 9.17) is 9.47 Å². The number of esters is 1. The molecule has 7 heteroatoms. The number of piperidine rings is 1. The molecule has 0 radical (unpaired) electrons. The second-order valence-corrected chi connectivity index (χ2v) is 10.8. The summed E-state index contributed by atoms with van der Waals surface area (Å²) in [5.74, 6) is -0.158. The van der Waals surface area contributed by atoms with Crippen LogP contribution in [0, 0.1) is 5.92 Å². The predicted octanol–water partition coefficient (Wildman–Crippen LogP) is 4.84. The standard InChI is InChI=1S/C28H31NO5S/c1-2-33-28(30)24-17-18-29(20-22-9-5-3-6-10-22)27(19-24)35(31,32)26-15-13-25(14-16-26)34-21-23-11-7-4-8-12-23/h3-16,24,27H,2,17-21H2,1H3. The van der Waals surface area contributed by atoms with Gasteiger partial charge >= 0.3 is 5.97 Å². The number of hydrogen-bond donors (Lipinski definition) is 0. The molecule has 0 amide bonds. The zero-order valence-corrected chi connectivity index (χ0v) is 20.7. The fourth-order valence-corrected chi connectivity index (χ4v) is 6.28. The molecule has 2 atom stereocenters. The van der Waals surface area contributed by atoms with Crippen LogP contribution in [0.3, 0.4) is 0 Å². The lowest BCUT2D eigenvalue weighted by atomic mass is 9.96. The molecule has 1 heterocycles. The number of carbonyl (C=O) groups excluding carboxylic acids is 1. The Kier molecular flexibility index (Phi) is 8.21. The number of benzene rings is 3. The van der Waals surface area contributed by atoms with Crippen molar-refractivity contribution in [2.45, 2.75) is 43.2 Å². The van der Waals surface area contributed by atoms with E-state index < -0.39 is 21.1 Å². The van der Waals surface area contributed by atoms with E-state index >= 15 is 0 Å². The minimum atomic E-state index is -3.73. The molecule has 0 spiro atoms.